The van der Waals surface area contributed by atoms with Crippen molar-refractivity contribution in [1.82, 2.24) is 0 Å². The number of nitrogens with one attached hydrogen (secondary N) is 1. The van der Waals surface area contributed by atoms with Crippen LogP contribution in [0.4, 0.5) is 11.4 Å². The van der Waals surface area contributed by atoms with Gasteiger partial charge in [0.1, 0.15) is 5.75 Å². The van der Waals surface area contributed by atoms with E-state index in [0.717, 1.165) is 30.7 Å². The zero-order valence-electron chi connectivity index (χ0n) is 11.8. The Morgan fingerprint density at radius 2 is 2.32 bits per heavy atom. The molecule has 19 heavy (non-hydrogen) atoms. The molecule has 1 fully saturated rings. The van der Waals surface area contributed by atoms with Gasteiger partial charge in [-0.1, -0.05) is 19.8 Å². The Hall–Kier alpha value is -1.42. The minimum absolute atomic E-state index is 0.142. The predicted molar refractivity (Wildman–Crippen MR) is 78.5 cm³/mol. The molecule has 0 bridgehead atoms. The first kappa shape index (κ1) is 14.0. The molecule has 0 aliphatic heterocycles. The number of benzene rings is 1. The van der Waals surface area contributed by atoms with Crippen molar-refractivity contribution in [3.05, 3.63) is 18.2 Å². The van der Waals surface area contributed by atoms with Crippen molar-refractivity contribution in [2.75, 3.05) is 24.8 Å². The molecule has 0 saturated heterocycles. The van der Waals surface area contributed by atoms with Crippen molar-refractivity contribution >= 4 is 11.4 Å². The van der Waals surface area contributed by atoms with E-state index in [9.17, 15) is 5.11 Å². The highest BCUT2D eigenvalue weighted by atomic mass is 16.5. The van der Waals surface area contributed by atoms with Crippen LogP contribution in [-0.2, 0) is 0 Å². The molecule has 2 rings (SSSR count). The fourth-order valence-electron chi connectivity index (χ4n) is 3.02. The maximum atomic E-state index is 9.78. The van der Waals surface area contributed by atoms with E-state index in [1.165, 1.54) is 6.42 Å². The summed E-state index contributed by atoms with van der Waals surface area (Å²) in [6.45, 7) is 2.38. The Morgan fingerprint density at radius 1 is 1.53 bits per heavy atom. The van der Waals surface area contributed by atoms with Crippen LogP contribution in [-0.4, -0.2) is 24.4 Å². The van der Waals surface area contributed by atoms with E-state index in [4.69, 9.17) is 10.5 Å². The van der Waals surface area contributed by atoms with Crippen LogP contribution in [0.2, 0.25) is 0 Å². The standard InChI is InChI=1S/C15H24N2O2/c1-11-4-3-7-15(9-11,10-18)17-14-6-5-12(19-2)8-13(14)16/h5-6,8,11,17-18H,3-4,7,9-10,16H2,1-2H3. The average molecular weight is 264 g/mol. The summed E-state index contributed by atoms with van der Waals surface area (Å²) in [6, 6.07) is 5.61. The third kappa shape index (κ3) is 3.13. The molecule has 1 saturated carbocycles. The van der Waals surface area contributed by atoms with E-state index in [-0.39, 0.29) is 12.1 Å². The second kappa shape index (κ2) is 5.70. The van der Waals surface area contributed by atoms with E-state index in [0.29, 0.717) is 11.6 Å². The lowest BCUT2D eigenvalue weighted by Crippen LogP contribution is -2.46. The van der Waals surface area contributed by atoms with Crippen LogP contribution in [0.3, 0.4) is 0 Å². The molecule has 0 heterocycles. The molecule has 1 aliphatic carbocycles. The van der Waals surface area contributed by atoms with E-state index < -0.39 is 0 Å². The van der Waals surface area contributed by atoms with E-state index in [2.05, 4.69) is 12.2 Å². The van der Waals surface area contributed by atoms with Crippen LogP contribution in [0.15, 0.2) is 18.2 Å². The van der Waals surface area contributed by atoms with Gasteiger partial charge in [0.25, 0.3) is 0 Å². The van der Waals surface area contributed by atoms with Crippen molar-refractivity contribution in [2.24, 2.45) is 5.92 Å². The molecule has 4 nitrogen and oxygen atoms in total. The molecule has 106 valence electrons. The number of methoxy groups -OCH3 is 1. The summed E-state index contributed by atoms with van der Waals surface area (Å²) < 4.78 is 5.15. The zero-order chi connectivity index (χ0) is 13.9. The lowest BCUT2D eigenvalue weighted by Gasteiger charge is -2.40. The highest BCUT2D eigenvalue weighted by Gasteiger charge is 2.34. The summed E-state index contributed by atoms with van der Waals surface area (Å²) in [4.78, 5) is 0. The number of hydrogen-bond acceptors (Lipinski definition) is 4. The number of anilines is 2. The smallest absolute Gasteiger partial charge is 0.121 e. The van der Waals surface area contributed by atoms with Crippen molar-refractivity contribution < 1.29 is 9.84 Å². The summed E-state index contributed by atoms with van der Waals surface area (Å²) in [7, 11) is 1.62. The zero-order valence-corrected chi connectivity index (χ0v) is 11.8. The fraction of sp³-hybridized carbons (Fsp3) is 0.600. The number of ether oxygens (including phenoxy) is 1. The first-order valence-electron chi connectivity index (χ1n) is 6.91. The highest BCUT2D eigenvalue weighted by molar-refractivity contribution is 5.69. The number of hydrogen-bond donors (Lipinski definition) is 3. The first-order chi connectivity index (χ1) is 9.08. The van der Waals surface area contributed by atoms with Gasteiger partial charge in [0.15, 0.2) is 0 Å². The summed E-state index contributed by atoms with van der Waals surface area (Å²) in [5.41, 5.74) is 7.34. The summed E-state index contributed by atoms with van der Waals surface area (Å²) in [6.07, 6.45) is 4.35. The van der Waals surface area contributed by atoms with Gasteiger partial charge in [-0.2, -0.15) is 0 Å². The molecule has 0 radical (unpaired) electrons. The molecule has 1 aliphatic rings. The van der Waals surface area contributed by atoms with E-state index in [1.54, 1.807) is 13.2 Å². The van der Waals surface area contributed by atoms with Gasteiger partial charge in [-0.3, -0.25) is 0 Å². The topological polar surface area (TPSA) is 67.5 Å². The minimum atomic E-state index is -0.236. The largest absolute Gasteiger partial charge is 0.497 e. The third-order valence-electron chi connectivity index (χ3n) is 4.05. The van der Waals surface area contributed by atoms with Crippen molar-refractivity contribution in [3.8, 4) is 5.75 Å². The molecule has 4 heteroatoms. The van der Waals surface area contributed by atoms with Crippen molar-refractivity contribution in [2.45, 2.75) is 38.1 Å². The highest BCUT2D eigenvalue weighted by Crippen LogP contribution is 2.36. The van der Waals surface area contributed by atoms with E-state index in [1.807, 2.05) is 12.1 Å². The van der Waals surface area contributed by atoms with Crippen LogP contribution in [0.5, 0.6) is 5.75 Å². The summed E-state index contributed by atoms with van der Waals surface area (Å²) in [5, 5.41) is 13.2. The van der Waals surface area contributed by atoms with Gasteiger partial charge in [0, 0.05) is 6.07 Å². The molecule has 0 aromatic heterocycles. The summed E-state index contributed by atoms with van der Waals surface area (Å²) in [5.74, 6) is 1.38. The summed E-state index contributed by atoms with van der Waals surface area (Å²) >= 11 is 0. The Morgan fingerprint density at radius 3 is 2.89 bits per heavy atom. The maximum absolute atomic E-state index is 9.78. The first-order valence-corrected chi connectivity index (χ1v) is 6.91. The second-order valence-corrected chi connectivity index (χ2v) is 5.72. The molecule has 2 unspecified atom stereocenters. The van der Waals surface area contributed by atoms with Gasteiger partial charge in [0.2, 0.25) is 0 Å². The molecular formula is C15H24N2O2. The third-order valence-corrected chi connectivity index (χ3v) is 4.05. The predicted octanol–water partition coefficient (Wildman–Crippen LogP) is 2.63. The molecule has 0 spiro atoms. The number of aliphatic hydroxyl groups excluding tert-OH is 1. The van der Waals surface area contributed by atoms with Gasteiger partial charge in [0.05, 0.1) is 30.6 Å². The lowest BCUT2D eigenvalue weighted by atomic mass is 9.76. The van der Waals surface area contributed by atoms with Gasteiger partial charge < -0.3 is 20.9 Å². The van der Waals surface area contributed by atoms with Crippen molar-refractivity contribution in [1.29, 1.82) is 0 Å². The lowest BCUT2D eigenvalue weighted by molar-refractivity contribution is 0.149. The van der Waals surface area contributed by atoms with Gasteiger partial charge in [-0.15, -0.1) is 0 Å². The maximum Gasteiger partial charge on any atom is 0.121 e. The number of rotatable bonds is 4. The average Bonchev–Trinajstić information content (AvgIpc) is 2.41. The van der Waals surface area contributed by atoms with Crippen LogP contribution >= 0.6 is 0 Å². The fourth-order valence-corrected chi connectivity index (χ4v) is 3.02. The Bertz CT molecular complexity index is 436. The van der Waals surface area contributed by atoms with E-state index >= 15 is 0 Å². The van der Waals surface area contributed by atoms with Crippen molar-refractivity contribution in [3.63, 3.8) is 0 Å². The van der Waals surface area contributed by atoms with Gasteiger partial charge in [-0.05, 0) is 30.9 Å². The SMILES string of the molecule is COc1ccc(NC2(CO)CCCC(C)C2)c(N)c1. The quantitative estimate of drug-likeness (QED) is 0.731. The van der Waals surface area contributed by atoms with Gasteiger partial charge >= 0.3 is 0 Å². The van der Waals surface area contributed by atoms with Crippen LogP contribution < -0.4 is 15.8 Å². The Labute approximate surface area is 115 Å². The monoisotopic (exact) mass is 264 g/mol. The number of nitrogen functional groups attached to an aromatic ring is 1. The molecule has 2 atom stereocenters. The Balaban J connectivity index is 2.18. The molecule has 1 aromatic rings. The van der Waals surface area contributed by atoms with Crippen LogP contribution in [0.25, 0.3) is 0 Å². The number of aliphatic hydroxyl groups is 1. The molecule has 1 aromatic carbocycles. The number of nitrogens with two attached hydrogens (primary N) is 1. The normalized spacial score (nSPS) is 27.0. The Kier molecular flexibility index (Phi) is 4.20. The molecule has 4 N–H and O–H groups in total. The molecular weight excluding hydrogens is 240 g/mol. The minimum Gasteiger partial charge on any atom is -0.497 e. The second-order valence-electron chi connectivity index (χ2n) is 5.72. The van der Waals surface area contributed by atoms with Crippen LogP contribution in [0.1, 0.15) is 32.6 Å². The molecule has 0 amide bonds. The van der Waals surface area contributed by atoms with Gasteiger partial charge in [-0.25, -0.2) is 0 Å². The van der Waals surface area contributed by atoms with Crippen LogP contribution in [0, 0.1) is 5.92 Å².